The van der Waals surface area contributed by atoms with Gasteiger partial charge >= 0.3 is 0 Å². The number of carboxylic acids is 1. The number of quaternary nitrogens is 1. The number of carbonyl (C=O) groups is 2. The molecule has 19 heavy (non-hydrogen) atoms. The highest BCUT2D eigenvalue weighted by Crippen LogP contribution is 2.40. The molecule has 0 aromatic rings. The largest absolute Gasteiger partial charge is 0.543 e. The number of hydrogen-bond acceptors (Lipinski definition) is 4. The molecule has 0 saturated carbocycles. The quantitative estimate of drug-likeness (QED) is 0.519. The van der Waals surface area contributed by atoms with E-state index in [0.717, 1.165) is 29.7 Å². The number of nitrogens with zero attached hydrogens (tertiary/aromatic N) is 2. The first-order chi connectivity index (χ1) is 9.00. The number of β-lactam (4-membered cyclic amide) rings is 1. The van der Waals surface area contributed by atoms with Crippen molar-refractivity contribution in [3.05, 3.63) is 11.3 Å². The molecule has 1 atom stereocenters. The van der Waals surface area contributed by atoms with Crippen molar-refractivity contribution in [2.45, 2.75) is 24.6 Å². The Morgan fingerprint density at radius 1 is 1.47 bits per heavy atom. The third-order valence-corrected chi connectivity index (χ3v) is 5.62. The van der Waals surface area contributed by atoms with Crippen LogP contribution in [0.5, 0.6) is 0 Å². The maximum absolute atomic E-state index is 11.6. The second kappa shape index (κ2) is 4.52. The van der Waals surface area contributed by atoms with Crippen LogP contribution in [0.1, 0.15) is 19.3 Å². The molecule has 0 aromatic heterocycles. The average Bonchev–Trinajstić information content (AvgIpc) is 2.75. The standard InChI is InChI=1S/C13H18N2O3S/c1-15(4-2-3-5-15)7-9-8-19-11-6-10(16)14(11)12(9)13(17)18/h11H,2-8H2,1H3/t11-/m1/s1. The molecule has 3 rings (SSSR count). The van der Waals surface area contributed by atoms with Crippen molar-refractivity contribution in [1.29, 1.82) is 0 Å². The van der Waals surface area contributed by atoms with Crippen molar-refractivity contribution < 1.29 is 19.2 Å². The van der Waals surface area contributed by atoms with Gasteiger partial charge < -0.3 is 14.4 Å². The molecule has 0 radical (unpaired) electrons. The van der Waals surface area contributed by atoms with Gasteiger partial charge in [-0.05, 0) is 0 Å². The van der Waals surface area contributed by atoms with Crippen LogP contribution in [0.4, 0.5) is 0 Å². The van der Waals surface area contributed by atoms with Crippen LogP contribution in [0.3, 0.4) is 0 Å². The van der Waals surface area contributed by atoms with Crippen LogP contribution in [0, 0.1) is 0 Å². The Hall–Kier alpha value is -1.01. The van der Waals surface area contributed by atoms with Crippen molar-refractivity contribution in [1.82, 2.24) is 4.90 Å². The number of aliphatic carboxylic acids is 1. The number of thioether (sulfide) groups is 1. The number of likely N-dealkylation sites (N-methyl/N-ethyl adjacent to an activating group) is 1. The van der Waals surface area contributed by atoms with Gasteiger partial charge in [0.2, 0.25) is 5.91 Å². The molecular weight excluding hydrogens is 264 g/mol. The molecule has 6 heteroatoms. The monoisotopic (exact) mass is 282 g/mol. The van der Waals surface area contributed by atoms with E-state index in [1.54, 1.807) is 11.8 Å². The molecule has 1 amide bonds. The number of carboxylic acid groups (broad SMARTS) is 1. The van der Waals surface area contributed by atoms with E-state index in [1.807, 2.05) is 0 Å². The zero-order valence-corrected chi connectivity index (χ0v) is 11.9. The Bertz CT molecular complexity index is 469. The molecule has 0 aliphatic carbocycles. The van der Waals surface area contributed by atoms with Crippen molar-refractivity contribution in [2.75, 3.05) is 32.4 Å². The van der Waals surface area contributed by atoms with Gasteiger partial charge in [0.15, 0.2) is 0 Å². The molecule has 0 spiro atoms. The van der Waals surface area contributed by atoms with Gasteiger partial charge in [-0.15, -0.1) is 11.8 Å². The van der Waals surface area contributed by atoms with Crippen LogP contribution >= 0.6 is 11.8 Å². The topological polar surface area (TPSA) is 60.4 Å². The summed E-state index contributed by atoms with van der Waals surface area (Å²) < 4.78 is 0.888. The van der Waals surface area contributed by atoms with Crippen LogP contribution in [-0.2, 0) is 9.59 Å². The van der Waals surface area contributed by atoms with Crippen molar-refractivity contribution in [3.8, 4) is 0 Å². The van der Waals surface area contributed by atoms with Crippen LogP contribution in [0.15, 0.2) is 11.3 Å². The molecule has 2 fully saturated rings. The third-order valence-electron chi connectivity index (χ3n) is 4.34. The van der Waals surface area contributed by atoms with Crippen molar-refractivity contribution in [2.24, 2.45) is 0 Å². The van der Waals surface area contributed by atoms with E-state index in [-0.39, 0.29) is 17.0 Å². The highest BCUT2D eigenvalue weighted by atomic mass is 32.2. The molecule has 2 saturated heterocycles. The zero-order chi connectivity index (χ0) is 13.6. The fourth-order valence-electron chi connectivity index (χ4n) is 3.31. The van der Waals surface area contributed by atoms with E-state index in [9.17, 15) is 14.7 Å². The maximum atomic E-state index is 11.6. The molecule has 0 aromatic carbocycles. The minimum Gasteiger partial charge on any atom is -0.543 e. The van der Waals surface area contributed by atoms with E-state index in [4.69, 9.17) is 0 Å². The van der Waals surface area contributed by atoms with Gasteiger partial charge in [0.05, 0.1) is 43.6 Å². The lowest BCUT2D eigenvalue weighted by Crippen LogP contribution is -2.57. The van der Waals surface area contributed by atoms with Gasteiger partial charge in [-0.1, -0.05) is 0 Å². The van der Waals surface area contributed by atoms with Crippen LogP contribution in [0.2, 0.25) is 0 Å². The summed E-state index contributed by atoms with van der Waals surface area (Å²) in [5.74, 6) is -0.567. The fraction of sp³-hybridized carbons (Fsp3) is 0.692. The first-order valence-electron chi connectivity index (χ1n) is 6.71. The Morgan fingerprint density at radius 2 is 2.16 bits per heavy atom. The number of fused-ring (bicyclic) bond motifs is 1. The third kappa shape index (κ3) is 2.17. The number of likely N-dealkylation sites (tertiary alicyclic amines) is 1. The minimum atomic E-state index is -1.20. The molecule has 104 valence electrons. The lowest BCUT2D eigenvalue weighted by Gasteiger charge is -2.46. The molecule has 0 unspecified atom stereocenters. The molecule has 3 aliphatic heterocycles. The summed E-state index contributed by atoms with van der Waals surface area (Å²) in [5, 5.41) is 11.4. The molecule has 0 N–H and O–H groups in total. The lowest BCUT2D eigenvalue weighted by molar-refractivity contribution is -0.893. The molecule has 3 aliphatic rings. The summed E-state index contributed by atoms with van der Waals surface area (Å²) in [4.78, 5) is 24.5. The summed E-state index contributed by atoms with van der Waals surface area (Å²) in [7, 11) is 2.17. The Labute approximate surface area is 116 Å². The highest BCUT2D eigenvalue weighted by molar-refractivity contribution is 8.00. The zero-order valence-electron chi connectivity index (χ0n) is 11.1. The summed E-state index contributed by atoms with van der Waals surface area (Å²) in [6.07, 6.45) is 2.85. The van der Waals surface area contributed by atoms with Crippen molar-refractivity contribution >= 4 is 23.6 Å². The van der Waals surface area contributed by atoms with Gasteiger partial charge in [0.1, 0.15) is 6.54 Å². The predicted octanol–water partition coefficient (Wildman–Crippen LogP) is -0.464. The predicted molar refractivity (Wildman–Crippen MR) is 69.8 cm³/mol. The van der Waals surface area contributed by atoms with E-state index < -0.39 is 5.97 Å². The Morgan fingerprint density at radius 3 is 2.74 bits per heavy atom. The fourth-order valence-corrected chi connectivity index (χ4v) is 4.56. The van der Waals surface area contributed by atoms with Crippen LogP contribution < -0.4 is 5.11 Å². The highest BCUT2D eigenvalue weighted by Gasteiger charge is 2.44. The van der Waals surface area contributed by atoms with E-state index >= 15 is 0 Å². The van der Waals surface area contributed by atoms with Crippen LogP contribution in [-0.4, -0.2) is 59.1 Å². The smallest absolute Gasteiger partial charge is 0.230 e. The van der Waals surface area contributed by atoms with Crippen molar-refractivity contribution in [3.63, 3.8) is 0 Å². The lowest BCUT2D eigenvalue weighted by atomic mass is 10.1. The number of rotatable bonds is 3. The molecular formula is C13H18N2O3S. The maximum Gasteiger partial charge on any atom is 0.230 e. The summed E-state index contributed by atoms with van der Waals surface area (Å²) in [6.45, 7) is 2.91. The van der Waals surface area contributed by atoms with Gasteiger partial charge in [0, 0.05) is 24.2 Å². The van der Waals surface area contributed by atoms with E-state index in [2.05, 4.69) is 7.05 Å². The first-order valence-corrected chi connectivity index (χ1v) is 7.76. The van der Waals surface area contributed by atoms with Gasteiger partial charge in [-0.3, -0.25) is 9.69 Å². The normalized spacial score (nSPS) is 29.2. The Kier molecular flexibility index (Phi) is 3.09. The number of hydrogen-bond donors (Lipinski definition) is 0. The van der Waals surface area contributed by atoms with Gasteiger partial charge in [-0.2, -0.15) is 0 Å². The Balaban J connectivity index is 1.89. The second-order valence-corrected chi connectivity index (χ2v) is 7.07. The summed E-state index contributed by atoms with van der Waals surface area (Å²) >= 11 is 1.67. The van der Waals surface area contributed by atoms with Crippen LogP contribution in [0.25, 0.3) is 0 Å². The summed E-state index contributed by atoms with van der Waals surface area (Å²) in [6, 6.07) is 0. The molecule has 0 bridgehead atoms. The van der Waals surface area contributed by atoms with Gasteiger partial charge in [0.25, 0.3) is 0 Å². The number of carbonyl (C=O) groups excluding carboxylic acids is 2. The summed E-state index contributed by atoms with van der Waals surface area (Å²) in [5.41, 5.74) is 1.03. The minimum absolute atomic E-state index is 0.0213. The first kappa shape index (κ1) is 13.0. The SMILES string of the molecule is C[N+]1(CC2=C(C(=O)[O-])N3C(=O)C[C@H]3SC2)CCCC1. The molecule has 5 nitrogen and oxygen atoms in total. The van der Waals surface area contributed by atoms with Gasteiger partial charge in [-0.25, -0.2) is 0 Å². The van der Waals surface area contributed by atoms with E-state index in [1.165, 1.54) is 17.7 Å². The second-order valence-electron chi connectivity index (χ2n) is 5.91. The average molecular weight is 282 g/mol. The number of amides is 1. The van der Waals surface area contributed by atoms with E-state index in [0.29, 0.717) is 12.2 Å². The molecule has 3 heterocycles.